The van der Waals surface area contributed by atoms with Crippen LogP contribution < -0.4 is 36.0 Å². The number of nitrogens with zero attached hydrogens (tertiary/aromatic N) is 4. The molecule has 5 aliphatic rings. The van der Waals surface area contributed by atoms with Crippen molar-refractivity contribution in [1.82, 2.24) is 0 Å². The van der Waals surface area contributed by atoms with Crippen molar-refractivity contribution in [3.05, 3.63) is 226 Å². The molecule has 2 aliphatic carbocycles. The van der Waals surface area contributed by atoms with Crippen LogP contribution in [0.1, 0.15) is 188 Å². The van der Waals surface area contributed by atoms with Crippen molar-refractivity contribution in [3.63, 3.8) is 0 Å². The molecule has 0 N–H and O–H groups in total. The highest BCUT2D eigenvalue weighted by atomic mass is 15.3. The minimum Gasteiger partial charge on any atom is -0.334 e. The van der Waals surface area contributed by atoms with Crippen molar-refractivity contribution in [3.8, 4) is 11.1 Å². The highest BCUT2D eigenvalue weighted by Crippen LogP contribution is 2.63. The molecule has 3 aliphatic heterocycles. The summed E-state index contributed by atoms with van der Waals surface area (Å²) in [5, 5.41) is 0. The Kier molecular flexibility index (Phi) is 13.1. The first-order valence-electron chi connectivity index (χ1n) is 32.9. The normalized spacial score (nSPS) is 18.5. The second kappa shape index (κ2) is 19.9. The zero-order valence-corrected chi connectivity index (χ0v) is 55.7. The fourth-order valence-electron chi connectivity index (χ4n) is 16.0. The molecule has 14 rings (SSSR count). The van der Waals surface area contributed by atoms with Gasteiger partial charge in [0.05, 0.1) is 11.2 Å². The van der Waals surface area contributed by atoms with E-state index in [0.717, 1.165) is 36.3 Å². The summed E-state index contributed by atoms with van der Waals surface area (Å²) in [4.78, 5) is 10.8. The Balaban J connectivity index is 1.10. The average Bonchev–Trinajstić information content (AvgIpc) is 1.17. The van der Waals surface area contributed by atoms with E-state index in [9.17, 15) is 0 Å². The second-order valence-corrected chi connectivity index (χ2v) is 32.3. The maximum absolute atomic E-state index is 2.85. The highest BCUT2D eigenvalue weighted by Gasteiger charge is 2.58. The van der Waals surface area contributed by atoms with Gasteiger partial charge in [-0.15, -0.1) is 0 Å². The maximum Gasteiger partial charge on any atom is 0.252 e. The smallest absolute Gasteiger partial charge is 0.252 e. The van der Waals surface area contributed by atoms with E-state index < -0.39 is 0 Å². The third-order valence-electron chi connectivity index (χ3n) is 21.4. The molecule has 9 aromatic rings. The Hall–Kier alpha value is -7.76. The van der Waals surface area contributed by atoms with Gasteiger partial charge in [0.1, 0.15) is 0 Å². The van der Waals surface area contributed by atoms with Gasteiger partial charge in [0.2, 0.25) is 0 Å². The standard InChI is InChI=1S/C83H91BN4/c1-77(2,3)54-27-35-59(36-28-54)85(60-37-29-55(30-38-60)78(4,5)6)62-41-42-68-73(50-62)87(70-26-22-25-65-64-24-19-18-23-53(64)47-66(65)70)75-52-63(88-71-43-33-57(80(10,11)12)48-67(71)82(16)45-20-21-46-83(82,88)17)51-74-76(75)84(68)69-49-58(81(13,14)15)34-44-72(69)86(74)61-39-31-56(32-40-61)79(7,8)9/h18-19,22-44,48-52H,20-21,45-47H2,1-17H3. The number of fused-ring (bicyclic) bond motifs is 10. The molecule has 446 valence electrons. The van der Waals surface area contributed by atoms with Crippen molar-refractivity contribution in [2.24, 2.45) is 0 Å². The summed E-state index contributed by atoms with van der Waals surface area (Å²) in [6.45, 7) is 40.2. The fraction of sp³-hybridized carbons (Fsp3) is 0.349. The van der Waals surface area contributed by atoms with Crippen LogP contribution in [0.3, 0.4) is 0 Å². The first kappa shape index (κ1) is 58.0. The highest BCUT2D eigenvalue weighted by molar-refractivity contribution is 7.00. The van der Waals surface area contributed by atoms with E-state index in [-0.39, 0.29) is 44.7 Å². The quantitative estimate of drug-likeness (QED) is 0.154. The molecular weight excluding hydrogens is 1060 g/mol. The van der Waals surface area contributed by atoms with E-state index in [1.165, 1.54) is 130 Å². The van der Waals surface area contributed by atoms with Gasteiger partial charge in [-0.3, -0.25) is 0 Å². The van der Waals surface area contributed by atoms with Crippen molar-refractivity contribution < 1.29 is 0 Å². The molecule has 5 heteroatoms. The SMILES string of the molecule is CC(C)(C)c1ccc(N(c2ccc(C(C)(C)C)cc2)c2ccc3c(c2)N(c2cccc4c2Cc2ccccc2-4)c2cc(N4c5ccc(C(C)(C)C)cc5C5(C)CCCCC45C)cc4c2B3c2cc(C(C)(C)C)ccc2N4c2ccc(C(C)(C)C)cc2)cc1. The van der Waals surface area contributed by atoms with Crippen molar-refractivity contribution in [1.29, 1.82) is 0 Å². The molecule has 1 saturated carbocycles. The Labute approximate surface area is 527 Å². The van der Waals surface area contributed by atoms with E-state index in [0.29, 0.717) is 0 Å². The van der Waals surface area contributed by atoms with Crippen LogP contribution in [-0.2, 0) is 38.9 Å². The molecule has 88 heavy (non-hydrogen) atoms. The lowest BCUT2D eigenvalue weighted by Crippen LogP contribution is -2.61. The first-order chi connectivity index (χ1) is 41.5. The summed E-state index contributed by atoms with van der Waals surface area (Å²) >= 11 is 0. The predicted molar refractivity (Wildman–Crippen MR) is 380 cm³/mol. The van der Waals surface area contributed by atoms with Gasteiger partial charge in [0.25, 0.3) is 6.71 Å². The van der Waals surface area contributed by atoms with Gasteiger partial charge < -0.3 is 19.6 Å². The molecule has 3 heterocycles. The molecule has 0 aromatic heterocycles. The van der Waals surface area contributed by atoms with E-state index in [2.05, 4.69) is 319 Å². The zero-order chi connectivity index (χ0) is 62.0. The monoisotopic (exact) mass is 1150 g/mol. The lowest BCUT2D eigenvalue weighted by molar-refractivity contribution is 0.195. The molecule has 9 aromatic carbocycles. The van der Waals surface area contributed by atoms with Crippen LogP contribution in [0, 0.1) is 0 Å². The topological polar surface area (TPSA) is 13.0 Å². The summed E-state index contributed by atoms with van der Waals surface area (Å²) in [6, 6.07) is 72.4. The minimum absolute atomic E-state index is 0.00220. The van der Waals surface area contributed by atoms with Gasteiger partial charge in [-0.1, -0.05) is 227 Å². The lowest BCUT2D eigenvalue weighted by atomic mass is 9.33. The van der Waals surface area contributed by atoms with Gasteiger partial charge in [0, 0.05) is 68.7 Å². The first-order valence-corrected chi connectivity index (χ1v) is 32.9. The van der Waals surface area contributed by atoms with Gasteiger partial charge in [0.15, 0.2) is 0 Å². The second-order valence-electron chi connectivity index (χ2n) is 32.3. The van der Waals surface area contributed by atoms with E-state index in [1.807, 2.05) is 0 Å². The van der Waals surface area contributed by atoms with E-state index in [1.54, 1.807) is 0 Å². The number of anilines is 11. The van der Waals surface area contributed by atoms with Crippen molar-refractivity contribution in [2.75, 3.05) is 19.6 Å². The molecular formula is C83H91BN4. The van der Waals surface area contributed by atoms with Crippen molar-refractivity contribution in [2.45, 2.75) is 188 Å². The molecule has 2 unspecified atom stereocenters. The molecule has 4 nitrogen and oxygen atoms in total. The number of hydrogen-bond donors (Lipinski definition) is 0. The fourth-order valence-corrected chi connectivity index (χ4v) is 16.0. The molecule has 0 radical (unpaired) electrons. The van der Waals surface area contributed by atoms with Crippen LogP contribution in [0.4, 0.5) is 62.6 Å². The third kappa shape index (κ3) is 9.12. The number of hydrogen-bond acceptors (Lipinski definition) is 4. The Morgan fingerprint density at radius 2 is 0.898 bits per heavy atom. The summed E-state index contributed by atoms with van der Waals surface area (Å²) in [5.41, 5.74) is 30.7. The summed E-state index contributed by atoms with van der Waals surface area (Å²) in [6.07, 6.45) is 5.56. The maximum atomic E-state index is 2.85. The molecule has 0 saturated heterocycles. The minimum atomic E-state index is -0.191. The van der Waals surface area contributed by atoms with E-state index in [4.69, 9.17) is 0 Å². The Bertz CT molecular complexity index is 4190. The van der Waals surface area contributed by atoms with Crippen LogP contribution in [0.5, 0.6) is 0 Å². The van der Waals surface area contributed by atoms with Gasteiger partial charge >= 0.3 is 0 Å². The number of benzene rings is 9. The molecule has 0 amide bonds. The zero-order valence-electron chi connectivity index (χ0n) is 55.7. The average molecular weight is 1160 g/mol. The summed E-state index contributed by atoms with van der Waals surface area (Å²) in [7, 11) is 0. The van der Waals surface area contributed by atoms with Crippen LogP contribution in [0.25, 0.3) is 11.1 Å². The van der Waals surface area contributed by atoms with Gasteiger partial charge in [-0.2, -0.15) is 0 Å². The number of rotatable bonds is 6. The van der Waals surface area contributed by atoms with Crippen LogP contribution >= 0.6 is 0 Å². The Morgan fingerprint density at radius 3 is 1.50 bits per heavy atom. The molecule has 1 fully saturated rings. The summed E-state index contributed by atoms with van der Waals surface area (Å²) < 4.78 is 0. The molecule has 0 bridgehead atoms. The Morgan fingerprint density at radius 1 is 0.386 bits per heavy atom. The lowest BCUT2D eigenvalue weighted by Gasteiger charge is -2.51. The van der Waals surface area contributed by atoms with Crippen LogP contribution in [0.15, 0.2) is 182 Å². The molecule has 2 atom stereocenters. The van der Waals surface area contributed by atoms with Crippen LogP contribution in [0.2, 0.25) is 0 Å². The largest absolute Gasteiger partial charge is 0.334 e. The van der Waals surface area contributed by atoms with Gasteiger partial charge in [-0.25, -0.2) is 0 Å². The summed E-state index contributed by atoms with van der Waals surface area (Å²) in [5.74, 6) is 0. The molecule has 0 spiro atoms. The van der Waals surface area contributed by atoms with E-state index >= 15 is 0 Å². The predicted octanol–water partition coefficient (Wildman–Crippen LogP) is 21.0. The van der Waals surface area contributed by atoms with Crippen LogP contribution in [-0.4, -0.2) is 12.3 Å². The van der Waals surface area contributed by atoms with Crippen molar-refractivity contribution >= 4 is 85.7 Å². The third-order valence-corrected chi connectivity index (χ3v) is 21.4. The van der Waals surface area contributed by atoms with Gasteiger partial charge in [-0.05, 0) is 198 Å².